The molecule has 0 saturated carbocycles. The Morgan fingerprint density at radius 1 is 1.00 bits per heavy atom. The van der Waals surface area contributed by atoms with Crippen LogP contribution < -0.4 is 29.6 Å². The Kier molecular flexibility index (Phi) is 11.6. The Morgan fingerprint density at radius 2 is 1.27 bits per heavy atom. The summed E-state index contributed by atoms with van der Waals surface area (Å²) in [6.07, 6.45) is -2.29. The van der Waals surface area contributed by atoms with E-state index in [1.165, 1.54) is 0 Å². The van der Waals surface area contributed by atoms with Crippen LogP contribution in [0, 0.1) is 0 Å². The molecule has 0 aromatic carbocycles. The molecule has 7 nitrogen and oxygen atoms in total. The zero-order valence-corrected chi connectivity index (χ0v) is 15.6. The summed E-state index contributed by atoms with van der Waals surface area (Å²) >= 11 is 0. The first kappa shape index (κ1) is 20.6. The van der Waals surface area contributed by atoms with Crippen molar-refractivity contribution in [3.8, 4) is 0 Å². The molecule has 0 saturated heterocycles. The minimum absolute atomic E-state index is 0. The number of hydrogen-bond acceptors (Lipinski definition) is 4. The number of aliphatic hydroxyl groups is 1. The molecule has 0 amide bonds. The van der Waals surface area contributed by atoms with E-state index in [1.807, 2.05) is 0 Å². The largest absolute Gasteiger partial charge is 1.00 e. The maximum atomic E-state index is 10.3. The molecule has 0 aliphatic rings. The third-order valence-corrected chi connectivity index (χ3v) is 1.29. The summed E-state index contributed by atoms with van der Waals surface area (Å²) in [5.41, 5.74) is -2.74. The van der Waals surface area contributed by atoms with E-state index < -0.39 is 36.4 Å². The van der Waals surface area contributed by atoms with Gasteiger partial charge in [-0.25, -0.2) is 4.79 Å². The second-order valence-electron chi connectivity index (χ2n) is 2.48. The van der Waals surface area contributed by atoms with Crippen LogP contribution in [-0.4, -0.2) is 70.1 Å². The predicted octanol–water partition coefficient (Wildman–Crippen LogP) is -5.32. The maximum Gasteiger partial charge on any atom is 1.00 e. The molecule has 0 rings (SSSR count). The van der Waals surface area contributed by atoms with E-state index in [0.717, 1.165) is 0 Å². The van der Waals surface area contributed by atoms with E-state index in [4.69, 9.17) is 20.4 Å². The third kappa shape index (κ3) is 8.10. The van der Waals surface area contributed by atoms with Crippen molar-refractivity contribution < 1.29 is 65.8 Å². The summed E-state index contributed by atoms with van der Waals surface area (Å²) in [6.45, 7) is 0. The quantitative estimate of drug-likeness (QED) is 0.322. The van der Waals surface area contributed by atoms with Crippen LogP contribution in [0.1, 0.15) is 14.3 Å². The van der Waals surface area contributed by atoms with Crippen LogP contribution in [0.25, 0.3) is 0 Å². The molecule has 0 aromatic heterocycles. The molecular formula is C6H12BiNaO7. The van der Waals surface area contributed by atoms with E-state index in [1.54, 1.807) is 0 Å². The second-order valence-corrected chi connectivity index (χ2v) is 2.48. The van der Waals surface area contributed by atoms with Crippen LogP contribution in [0.15, 0.2) is 0 Å². The number of aliphatic carboxylic acids is 3. The van der Waals surface area contributed by atoms with Crippen molar-refractivity contribution in [1.82, 2.24) is 0 Å². The van der Waals surface area contributed by atoms with Gasteiger partial charge >= 0.3 is 73.7 Å². The van der Waals surface area contributed by atoms with Gasteiger partial charge in [0.2, 0.25) is 0 Å². The van der Waals surface area contributed by atoms with Crippen LogP contribution in [0.5, 0.6) is 0 Å². The number of carboxylic acid groups (broad SMARTS) is 3. The van der Waals surface area contributed by atoms with Crippen molar-refractivity contribution in [3.05, 3.63) is 0 Å². The first-order valence-electron chi connectivity index (χ1n) is 3.17. The molecule has 0 fully saturated rings. The molecule has 0 radical (unpaired) electrons. The summed E-state index contributed by atoms with van der Waals surface area (Å²) in [5.74, 6) is -5.02. The van der Waals surface area contributed by atoms with E-state index >= 15 is 0 Å². The van der Waals surface area contributed by atoms with Gasteiger partial charge < -0.3 is 21.9 Å². The zero-order chi connectivity index (χ0) is 10.6. The van der Waals surface area contributed by atoms with Crippen LogP contribution in [0.3, 0.4) is 0 Å². The molecule has 0 spiro atoms. The van der Waals surface area contributed by atoms with Gasteiger partial charge in [-0.05, 0) is 0 Å². The molecule has 15 heavy (non-hydrogen) atoms. The van der Waals surface area contributed by atoms with Gasteiger partial charge in [-0.2, -0.15) is 0 Å². The molecular weight excluding hydrogens is 416 g/mol. The molecule has 0 aromatic rings. The summed E-state index contributed by atoms with van der Waals surface area (Å²) in [6, 6.07) is 0. The molecule has 0 heterocycles. The number of hydrogen-bond donors (Lipinski definition) is 4. The van der Waals surface area contributed by atoms with Crippen molar-refractivity contribution in [2.45, 2.75) is 18.4 Å². The Bertz CT molecular complexity index is 243. The van der Waals surface area contributed by atoms with Crippen molar-refractivity contribution >= 4 is 44.1 Å². The van der Waals surface area contributed by atoms with E-state index in [-0.39, 0.29) is 57.2 Å². The smallest absolute Gasteiger partial charge is 1.00 e. The number of carbonyl (C=O) groups is 3. The van der Waals surface area contributed by atoms with Gasteiger partial charge in [-0.3, -0.25) is 9.59 Å². The summed E-state index contributed by atoms with van der Waals surface area (Å²) in [5, 5.41) is 33.8. The van der Waals surface area contributed by atoms with Crippen LogP contribution >= 0.6 is 0 Å². The number of carboxylic acids is 3. The monoisotopic (exact) mass is 428 g/mol. The van der Waals surface area contributed by atoms with Gasteiger partial charge in [0.25, 0.3) is 0 Å². The molecule has 9 heteroatoms. The molecule has 0 unspecified atom stereocenters. The average Bonchev–Trinajstić information content (AvgIpc) is 1.82. The van der Waals surface area contributed by atoms with Crippen LogP contribution in [0.4, 0.5) is 0 Å². The maximum absolute atomic E-state index is 10.3. The molecule has 0 aliphatic carbocycles. The van der Waals surface area contributed by atoms with Crippen LogP contribution in [-0.2, 0) is 14.4 Å². The van der Waals surface area contributed by atoms with Crippen molar-refractivity contribution in [1.29, 1.82) is 0 Å². The van der Waals surface area contributed by atoms with E-state index in [2.05, 4.69) is 0 Å². The Hall–Kier alpha value is 0.253. The first-order chi connectivity index (χ1) is 5.78. The van der Waals surface area contributed by atoms with Gasteiger partial charge in [0.05, 0.1) is 12.8 Å². The Morgan fingerprint density at radius 3 is 1.40 bits per heavy atom. The fourth-order valence-corrected chi connectivity index (χ4v) is 0.714. The SMILES string of the molecule is O=C(O)CC(O)(CC(=O)O)C(=O)O.[BiH3].[H-].[Na+]. The summed E-state index contributed by atoms with van der Waals surface area (Å²) < 4.78 is 0. The molecule has 0 aliphatic heterocycles. The van der Waals surface area contributed by atoms with Crippen molar-refractivity contribution in [2.24, 2.45) is 0 Å². The first-order valence-corrected chi connectivity index (χ1v) is 3.17. The molecule has 0 bridgehead atoms. The Labute approximate surface area is 127 Å². The fraction of sp³-hybridized carbons (Fsp3) is 0.500. The molecule has 84 valence electrons. The van der Waals surface area contributed by atoms with Crippen LogP contribution in [0.2, 0.25) is 0 Å². The van der Waals surface area contributed by atoms with Gasteiger partial charge in [0, 0.05) is 0 Å². The minimum Gasteiger partial charge on any atom is -1.00 e. The zero-order valence-electron chi connectivity index (χ0n) is 9.13. The van der Waals surface area contributed by atoms with Gasteiger partial charge in [-0.15, -0.1) is 0 Å². The topological polar surface area (TPSA) is 132 Å². The van der Waals surface area contributed by atoms with Crippen molar-refractivity contribution in [3.63, 3.8) is 0 Å². The normalized spacial score (nSPS) is 9.40. The van der Waals surface area contributed by atoms with E-state index in [9.17, 15) is 14.4 Å². The predicted molar refractivity (Wildman–Crippen MR) is 48.1 cm³/mol. The van der Waals surface area contributed by atoms with Gasteiger partial charge in [0.1, 0.15) is 0 Å². The average molecular weight is 428 g/mol. The van der Waals surface area contributed by atoms with E-state index in [0.29, 0.717) is 0 Å². The molecule has 0 atom stereocenters. The van der Waals surface area contributed by atoms with Gasteiger partial charge in [-0.1, -0.05) is 0 Å². The fourth-order valence-electron chi connectivity index (χ4n) is 0.714. The minimum atomic E-state index is -2.74. The second kappa shape index (κ2) is 8.41. The third-order valence-electron chi connectivity index (χ3n) is 1.29. The summed E-state index contributed by atoms with van der Waals surface area (Å²) in [4.78, 5) is 30.5. The van der Waals surface area contributed by atoms with Crippen molar-refractivity contribution in [2.75, 3.05) is 0 Å². The number of rotatable bonds is 5. The summed E-state index contributed by atoms with van der Waals surface area (Å²) in [7, 11) is 0. The molecule has 4 N–H and O–H groups in total. The standard InChI is InChI=1S/C6H8O7.Bi.Na.4H/c7-3(8)1-6(13,5(11)12)2-4(9)10;;;;;;/h13H,1-2H2,(H,7,8)(H,9,10)(H,11,12);;;;;;/q;;+1;;;;-1. The Balaban J connectivity index is -0.000000240. The van der Waals surface area contributed by atoms with Gasteiger partial charge in [0.15, 0.2) is 5.60 Å².